The van der Waals surface area contributed by atoms with E-state index in [-0.39, 0.29) is 0 Å². The summed E-state index contributed by atoms with van der Waals surface area (Å²) in [6.45, 7) is 13.6. The predicted octanol–water partition coefficient (Wildman–Crippen LogP) is 6.07. The first-order chi connectivity index (χ1) is 17.5. The van der Waals surface area contributed by atoms with Crippen LogP contribution < -0.4 is 9.64 Å². The number of carbonyl (C=O) groups excluding carboxylic acids is 1. The molecule has 186 valence electrons. The molecule has 0 N–H and O–H groups in total. The number of para-hydroxylation sites is 1. The molecule has 1 aliphatic rings. The molecule has 0 spiro atoms. The van der Waals surface area contributed by atoms with Crippen LogP contribution in [0.3, 0.4) is 0 Å². The van der Waals surface area contributed by atoms with Crippen molar-refractivity contribution in [2.45, 2.75) is 46.8 Å². The van der Waals surface area contributed by atoms with Crippen LogP contribution in [0.15, 0.2) is 60.8 Å². The number of hydrogen-bond acceptors (Lipinski definition) is 5. The lowest BCUT2D eigenvalue weighted by atomic mass is 9.78. The number of pyridine rings is 1. The number of fused-ring (bicyclic) bond motifs is 2. The van der Waals surface area contributed by atoms with Crippen molar-refractivity contribution >= 4 is 22.6 Å². The molecular formula is C30H33N3O3. The molecule has 0 saturated heterocycles. The Bertz CT molecular complexity index is 1440. The average molecular weight is 484 g/mol. The van der Waals surface area contributed by atoms with Crippen LogP contribution >= 0.6 is 0 Å². The molecule has 5 rings (SSSR count). The summed E-state index contributed by atoms with van der Waals surface area (Å²) in [5.41, 5.74) is 4.91. The summed E-state index contributed by atoms with van der Waals surface area (Å²) in [6.07, 6.45) is 1.64. The number of ether oxygens (including phenoxy) is 2. The molecule has 3 heterocycles. The van der Waals surface area contributed by atoms with Crippen LogP contribution in [0.1, 0.15) is 60.6 Å². The predicted molar refractivity (Wildman–Crippen MR) is 143 cm³/mol. The SMILES string of the molecule is CCOc1cc(N(CC)CC)ccc1C1(c2c(C)n(CC)c3ccccc23)OC(=O)c2ncccc21. The molecule has 6 nitrogen and oxygen atoms in total. The molecule has 0 radical (unpaired) electrons. The highest BCUT2D eigenvalue weighted by Crippen LogP contribution is 2.53. The Morgan fingerprint density at radius 2 is 1.78 bits per heavy atom. The van der Waals surface area contributed by atoms with E-state index in [1.165, 1.54) is 0 Å². The number of anilines is 1. The van der Waals surface area contributed by atoms with Crippen LogP contribution in [0.5, 0.6) is 5.75 Å². The molecule has 0 fully saturated rings. The lowest BCUT2D eigenvalue weighted by Crippen LogP contribution is -2.31. The number of rotatable bonds is 8. The zero-order valence-electron chi connectivity index (χ0n) is 21.7. The second kappa shape index (κ2) is 9.34. The quantitative estimate of drug-likeness (QED) is 0.285. The van der Waals surface area contributed by atoms with E-state index in [0.717, 1.165) is 58.6 Å². The Labute approximate surface area is 212 Å². The highest BCUT2D eigenvalue weighted by Gasteiger charge is 2.53. The van der Waals surface area contributed by atoms with Crippen LogP contribution in [0.4, 0.5) is 5.69 Å². The molecule has 1 unspecified atom stereocenters. The van der Waals surface area contributed by atoms with E-state index in [2.05, 4.69) is 72.5 Å². The van der Waals surface area contributed by atoms with E-state index >= 15 is 0 Å². The number of benzene rings is 2. The van der Waals surface area contributed by atoms with Gasteiger partial charge in [0.2, 0.25) is 0 Å². The maximum atomic E-state index is 13.3. The van der Waals surface area contributed by atoms with Gasteiger partial charge in [0.15, 0.2) is 11.3 Å². The Morgan fingerprint density at radius 3 is 2.50 bits per heavy atom. The van der Waals surface area contributed by atoms with E-state index in [0.29, 0.717) is 18.1 Å². The molecule has 4 aromatic rings. The molecule has 2 aromatic heterocycles. The first kappa shape index (κ1) is 23.9. The number of nitrogens with zero attached hydrogens (tertiary/aromatic N) is 3. The molecule has 2 aromatic carbocycles. The van der Waals surface area contributed by atoms with Crippen molar-refractivity contribution in [2.24, 2.45) is 0 Å². The van der Waals surface area contributed by atoms with Crippen molar-refractivity contribution in [1.29, 1.82) is 0 Å². The third-order valence-corrected chi connectivity index (χ3v) is 7.30. The molecule has 1 atom stereocenters. The number of aromatic nitrogens is 2. The maximum Gasteiger partial charge on any atom is 0.358 e. The fourth-order valence-corrected chi connectivity index (χ4v) is 5.76. The van der Waals surface area contributed by atoms with E-state index in [9.17, 15) is 4.79 Å². The molecular weight excluding hydrogens is 450 g/mol. The first-order valence-corrected chi connectivity index (χ1v) is 12.8. The highest BCUT2D eigenvalue weighted by atomic mass is 16.6. The third-order valence-electron chi connectivity index (χ3n) is 7.30. The van der Waals surface area contributed by atoms with E-state index < -0.39 is 11.6 Å². The summed E-state index contributed by atoms with van der Waals surface area (Å²) < 4.78 is 15.0. The zero-order chi connectivity index (χ0) is 25.4. The second-order valence-corrected chi connectivity index (χ2v) is 8.98. The van der Waals surface area contributed by atoms with Crippen LogP contribution in [0.2, 0.25) is 0 Å². The van der Waals surface area contributed by atoms with Crippen molar-refractivity contribution in [2.75, 3.05) is 24.6 Å². The summed E-state index contributed by atoms with van der Waals surface area (Å²) in [5.74, 6) is 0.285. The molecule has 0 amide bonds. The molecule has 0 aliphatic carbocycles. The summed E-state index contributed by atoms with van der Waals surface area (Å²) in [7, 11) is 0. The zero-order valence-corrected chi connectivity index (χ0v) is 21.7. The van der Waals surface area contributed by atoms with Gasteiger partial charge in [-0.2, -0.15) is 0 Å². The Hall–Kier alpha value is -3.80. The van der Waals surface area contributed by atoms with Gasteiger partial charge >= 0.3 is 5.97 Å². The minimum Gasteiger partial charge on any atom is -0.493 e. The lowest BCUT2D eigenvalue weighted by Gasteiger charge is -2.33. The average Bonchev–Trinajstić information content (AvgIpc) is 3.36. The Morgan fingerprint density at radius 1 is 1.00 bits per heavy atom. The fourth-order valence-electron chi connectivity index (χ4n) is 5.76. The number of esters is 1. The van der Waals surface area contributed by atoms with Gasteiger partial charge in [-0.25, -0.2) is 9.78 Å². The minimum atomic E-state index is -1.18. The minimum absolute atomic E-state index is 0.348. The Kier molecular flexibility index (Phi) is 6.20. The van der Waals surface area contributed by atoms with E-state index in [1.807, 2.05) is 31.2 Å². The van der Waals surface area contributed by atoms with Gasteiger partial charge in [-0.1, -0.05) is 24.3 Å². The summed E-state index contributed by atoms with van der Waals surface area (Å²) in [4.78, 5) is 20.1. The summed E-state index contributed by atoms with van der Waals surface area (Å²) in [5, 5.41) is 1.05. The van der Waals surface area contributed by atoms with E-state index in [4.69, 9.17) is 9.47 Å². The van der Waals surface area contributed by atoms with Gasteiger partial charge in [0.05, 0.1) is 6.61 Å². The number of aryl methyl sites for hydroxylation is 1. The number of hydrogen-bond donors (Lipinski definition) is 0. The van der Waals surface area contributed by atoms with Gasteiger partial charge in [-0.05, 0) is 58.9 Å². The van der Waals surface area contributed by atoms with E-state index in [1.54, 1.807) is 6.20 Å². The molecule has 1 aliphatic heterocycles. The topological polar surface area (TPSA) is 56.6 Å². The maximum absolute atomic E-state index is 13.3. The monoisotopic (exact) mass is 483 g/mol. The molecule has 36 heavy (non-hydrogen) atoms. The van der Waals surface area contributed by atoms with Crippen molar-refractivity contribution in [3.63, 3.8) is 0 Å². The third kappa shape index (κ3) is 3.39. The second-order valence-electron chi connectivity index (χ2n) is 8.98. The van der Waals surface area contributed by atoms with Gasteiger partial charge in [0.1, 0.15) is 5.75 Å². The van der Waals surface area contributed by atoms with Crippen LogP contribution in [-0.4, -0.2) is 35.2 Å². The van der Waals surface area contributed by atoms with Crippen molar-refractivity contribution < 1.29 is 14.3 Å². The van der Waals surface area contributed by atoms with Gasteiger partial charge in [-0.15, -0.1) is 0 Å². The first-order valence-electron chi connectivity index (χ1n) is 12.8. The normalized spacial score (nSPS) is 16.8. The van der Waals surface area contributed by atoms with Gasteiger partial charge in [0.25, 0.3) is 0 Å². The molecule has 0 saturated carbocycles. The van der Waals surface area contributed by atoms with Crippen LogP contribution in [-0.2, 0) is 16.9 Å². The van der Waals surface area contributed by atoms with Gasteiger partial charge < -0.3 is 18.9 Å². The lowest BCUT2D eigenvalue weighted by molar-refractivity contribution is 0.0243. The van der Waals surface area contributed by atoms with Crippen molar-refractivity contribution in [3.05, 3.63) is 88.9 Å². The van der Waals surface area contributed by atoms with Crippen molar-refractivity contribution in [1.82, 2.24) is 9.55 Å². The van der Waals surface area contributed by atoms with Crippen LogP contribution in [0, 0.1) is 6.92 Å². The standard InChI is InChI=1S/C30H33N3O3/c1-6-32(7-2)21-16-17-23(26(19-21)35-9-4)30(24-14-12-18-31-28(24)29(34)36-30)27-20(5)33(8-3)25-15-11-10-13-22(25)27/h10-19H,6-9H2,1-5H3. The Balaban J connectivity index is 1.90. The van der Waals surface area contributed by atoms with Crippen molar-refractivity contribution in [3.8, 4) is 5.75 Å². The summed E-state index contributed by atoms with van der Waals surface area (Å²) in [6, 6.07) is 18.4. The number of cyclic esters (lactones) is 1. The van der Waals surface area contributed by atoms with Crippen LogP contribution in [0.25, 0.3) is 10.9 Å². The van der Waals surface area contributed by atoms with Gasteiger partial charge in [-0.3, -0.25) is 0 Å². The number of carbonyl (C=O) groups is 1. The highest BCUT2D eigenvalue weighted by molar-refractivity contribution is 5.97. The van der Waals surface area contributed by atoms with Gasteiger partial charge in [0, 0.05) is 70.9 Å². The summed E-state index contributed by atoms with van der Waals surface area (Å²) >= 11 is 0. The fraction of sp³-hybridized carbons (Fsp3) is 0.333. The smallest absolute Gasteiger partial charge is 0.358 e. The largest absolute Gasteiger partial charge is 0.493 e. The molecule has 0 bridgehead atoms. The molecule has 6 heteroatoms.